The summed E-state index contributed by atoms with van der Waals surface area (Å²) >= 11 is 6.02. The van der Waals surface area contributed by atoms with Gasteiger partial charge in [-0.1, -0.05) is 25.4 Å². The first-order chi connectivity index (χ1) is 11.8. The average Bonchev–Trinajstić information content (AvgIpc) is 2.96. The van der Waals surface area contributed by atoms with Gasteiger partial charge in [0.2, 0.25) is 0 Å². The van der Waals surface area contributed by atoms with Gasteiger partial charge in [0.25, 0.3) is 5.56 Å². The molecule has 1 aromatic carbocycles. The van der Waals surface area contributed by atoms with E-state index in [0.29, 0.717) is 21.9 Å². The maximum absolute atomic E-state index is 12.6. The standard InChI is InChI=1S/C17H16ClN3O4/c1-8(2)13-10(17(23)24)7-21-14(13)16(22)19-15(20-21)9-4-5-11(18)12(6-9)25-3/h4-8H,1-3H3,(H,23,24)(H,19,20,22). The molecule has 130 valence electrons. The largest absolute Gasteiger partial charge is 0.495 e. The van der Waals surface area contributed by atoms with Crippen molar-refractivity contribution in [2.75, 3.05) is 7.11 Å². The summed E-state index contributed by atoms with van der Waals surface area (Å²) in [5.74, 6) is -0.498. The molecule has 0 fully saturated rings. The Labute approximate surface area is 147 Å². The second-order valence-electron chi connectivity index (χ2n) is 5.86. The highest BCUT2D eigenvalue weighted by atomic mass is 35.5. The Bertz CT molecular complexity index is 1040. The number of aromatic carboxylic acids is 1. The summed E-state index contributed by atoms with van der Waals surface area (Å²) in [4.78, 5) is 26.8. The molecule has 0 saturated heterocycles. The van der Waals surface area contributed by atoms with Crippen LogP contribution < -0.4 is 10.3 Å². The molecule has 25 heavy (non-hydrogen) atoms. The summed E-state index contributed by atoms with van der Waals surface area (Å²) in [6, 6.07) is 4.98. The van der Waals surface area contributed by atoms with E-state index in [-0.39, 0.29) is 22.8 Å². The molecule has 0 aliphatic rings. The molecule has 2 heterocycles. The fourth-order valence-corrected chi connectivity index (χ4v) is 3.00. The molecule has 8 heteroatoms. The van der Waals surface area contributed by atoms with Crippen molar-refractivity contribution in [1.29, 1.82) is 0 Å². The van der Waals surface area contributed by atoms with Crippen LogP contribution in [-0.2, 0) is 0 Å². The quantitative estimate of drug-likeness (QED) is 0.744. The van der Waals surface area contributed by atoms with Crippen LogP contribution in [0.1, 0.15) is 35.7 Å². The number of methoxy groups -OCH3 is 1. The van der Waals surface area contributed by atoms with Crippen LogP contribution in [0.5, 0.6) is 5.75 Å². The van der Waals surface area contributed by atoms with Gasteiger partial charge in [0, 0.05) is 17.3 Å². The third-order valence-electron chi connectivity index (χ3n) is 3.91. The number of H-pyrrole nitrogens is 1. The van der Waals surface area contributed by atoms with Crippen LogP contribution in [0.2, 0.25) is 5.02 Å². The lowest BCUT2D eigenvalue weighted by molar-refractivity contribution is 0.0695. The number of hydrogen-bond acceptors (Lipinski definition) is 4. The highest BCUT2D eigenvalue weighted by Crippen LogP contribution is 2.29. The molecule has 3 aromatic rings. The third kappa shape index (κ3) is 2.87. The SMILES string of the molecule is COc1cc(-c2nn3cc(C(=O)O)c(C(C)C)c3c(=O)[nH]2)ccc1Cl. The summed E-state index contributed by atoms with van der Waals surface area (Å²) in [6.07, 6.45) is 1.36. The molecular weight excluding hydrogens is 346 g/mol. The second kappa shape index (κ2) is 6.25. The molecule has 0 spiro atoms. The Kier molecular flexibility index (Phi) is 4.26. The molecule has 0 bridgehead atoms. The van der Waals surface area contributed by atoms with E-state index in [4.69, 9.17) is 16.3 Å². The molecule has 0 aliphatic carbocycles. The van der Waals surface area contributed by atoms with Gasteiger partial charge in [0.15, 0.2) is 5.82 Å². The highest BCUT2D eigenvalue weighted by Gasteiger charge is 2.22. The molecule has 3 rings (SSSR count). The molecule has 7 nitrogen and oxygen atoms in total. The summed E-state index contributed by atoms with van der Waals surface area (Å²) in [7, 11) is 1.49. The van der Waals surface area contributed by atoms with Crippen LogP contribution in [-0.4, -0.2) is 32.8 Å². The molecule has 0 atom stereocenters. The Hall–Kier alpha value is -2.80. The lowest BCUT2D eigenvalue weighted by Gasteiger charge is -2.08. The predicted molar refractivity (Wildman–Crippen MR) is 93.9 cm³/mol. The summed E-state index contributed by atoms with van der Waals surface area (Å²) in [6.45, 7) is 3.67. The summed E-state index contributed by atoms with van der Waals surface area (Å²) in [5.41, 5.74) is 0.949. The van der Waals surface area contributed by atoms with E-state index >= 15 is 0 Å². The second-order valence-corrected chi connectivity index (χ2v) is 6.27. The van der Waals surface area contributed by atoms with Gasteiger partial charge in [0.1, 0.15) is 11.3 Å². The molecule has 0 amide bonds. The first-order valence-electron chi connectivity index (χ1n) is 7.56. The van der Waals surface area contributed by atoms with Crippen molar-refractivity contribution in [3.63, 3.8) is 0 Å². The van der Waals surface area contributed by atoms with Gasteiger partial charge in [-0.2, -0.15) is 0 Å². The van der Waals surface area contributed by atoms with Crippen LogP contribution in [0.25, 0.3) is 16.9 Å². The number of fused-ring (bicyclic) bond motifs is 1. The zero-order chi connectivity index (χ0) is 18.3. The number of carboxylic acid groups (broad SMARTS) is 1. The van der Waals surface area contributed by atoms with Crippen molar-refractivity contribution < 1.29 is 14.6 Å². The Morgan fingerprint density at radius 3 is 2.72 bits per heavy atom. The van der Waals surface area contributed by atoms with Gasteiger partial charge in [0.05, 0.1) is 17.7 Å². The van der Waals surface area contributed by atoms with Crippen LogP contribution in [0.15, 0.2) is 29.2 Å². The van der Waals surface area contributed by atoms with Crippen molar-refractivity contribution in [2.24, 2.45) is 0 Å². The maximum atomic E-state index is 12.6. The fraction of sp³-hybridized carbons (Fsp3) is 0.235. The molecular formula is C17H16ClN3O4. The predicted octanol–water partition coefficient (Wildman–Crippen LogP) is 3.17. The number of carbonyl (C=O) groups is 1. The first-order valence-corrected chi connectivity index (χ1v) is 7.94. The van der Waals surface area contributed by atoms with E-state index in [9.17, 15) is 14.7 Å². The topological polar surface area (TPSA) is 96.7 Å². The molecule has 2 N–H and O–H groups in total. The van der Waals surface area contributed by atoms with E-state index in [0.717, 1.165) is 0 Å². The van der Waals surface area contributed by atoms with Gasteiger partial charge in [-0.15, -0.1) is 5.10 Å². The van der Waals surface area contributed by atoms with Gasteiger partial charge < -0.3 is 14.8 Å². The van der Waals surface area contributed by atoms with E-state index in [1.165, 1.54) is 17.8 Å². The molecule has 0 saturated carbocycles. The van der Waals surface area contributed by atoms with E-state index in [1.807, 2.05) is 13.8 Å². The number of hydrogen-bond donors (Lipinski definition) is 2. The number of benzene rings is 1. The van der Waals surface area contributed by atoms with Gasteiger partial charge in [-0.25, -0.2) is 9.31 Å². The number of aromatic amines is 1. The lowest BCUT2D eigenvalue weighted by atomic mass is 10.0. The molecule has 0 aliphatic heterocycles. The Morgan fingerprint density at radius 1 is 1.40 bits per heavy atom. The number of ether oxygens (including phenoxy) is 1. The fourth-order valence-electron chi connectivity index (χ4n) is 2.80. The highest BCUT2D eigenvalue weighted by molar-refractivity contribution is 6.32. The van der Waals surface area contributed by atoms with Gasteiger partial charge in [-0.05, 0) is 24.1 Å². The molecule has 2 aromatic heterocycles. The van der Waals surface area contributed by atoms with Gasteiger partial charge in [-0.3, -0.25) is 4.79 Å². The minimum absolute atomic E-state index is 0.0684. The minimum atomic E-state index is -1.09. The first kappa shape index (κ1) is 17.0. The van der Waals surface area contributed by atoms with Crippen LogP contribution in [0, 0.1) is 0 Å². The zero-order valence-corrected chi connectivity index (χ0v) is 14.6. The molecule has 0 radical (unpaired) electrons. The van der Waals surface area contributed by atoms with Crippen molar-refractivity contribution in [3.05, 3.63) is 50.9 Å². The normalized spacial score (nSPS) is 11.2. The smallest absolute Gasteiger partial charge is 0.337 e. The monoisotopic (exact) mass is 361 g/mol. The Balaban J connectivity index is 2.27. The van der Waals surface area contributed by atoms with E-state index in [1.54, 1.807) is 18.2 Å². The summed E-state index contributed by atoms with van der Waals surface area (Å²) < 4.78 is 6.49. The van der Waals surface area contributed by atoms with Crippen molar-refractivity contribution in [1.82, 2.24) is 14.6 Å². The number of nitrogens with one attached hydrogen (secondary N) is 1. The van der Waals surface area contributed by atoms with Crippen LogP contribution >= 0.6 is 11.6 Å². The van der Waals surface area contributed by atoms with E-state index < -0.39 is 11.5 Å². The number of nitrogens with zero attached hydrogens (tertiary/aromatic N) is 2. The minimum Gasteiger partial charge on any atom is -0.495 e. The van der Waals surface area contributed by atoms with Crippen LogP contribution in [0.4, 0.5) is 0 Å². The van der Waals surface area contributed by atoms with Crippen molar-refractivity contribution in [2.45, 2.75) is 19.8 Å². The lowest BCUT2D eigenvalue weighted by Crippen LogP contribution is -2.15. The third-order valence-corrected chi connectivity index (χ3v) is 4.23. The Morgan fingerprint density at radius 2 is 2.12 bits per heavy atom. The zero-order valence-electron chi connectivity index (χ0n) is 13.8. The number of rotatable bonds is 4. The van der Waals surface area contributed by atoms with Crippen molar-refractivity contribution >= 4 is 23.1 Å². The van der Waals surface area contributed by atoms with E-state index in [2.05, 4.69) is 10.1 Å². The molecule has 0 unspecified atom stereocenters. The number of carboxylic acids is 1. The average molecular weight is 362 g/mol. The maximum Gasteiger partial charge on any atom is 0.337 e. The summed E-state index contributed by atoms with van der Waals surface area (Å²) in [5, 5.41) is 14.2. The number of halogens is 1. The number of aromatic nitrogens is 3. The van der Waals surface area contributed by atoms with Gasteiger partial charge >= 0.3 is 5.97 Å². The van der Waals surface area contributed by atoms with Crippen LogP contribution in [0.3, 0.4) is 0 Å². The van der Waals surface area contributed by atoms with Crippen molar-refractivity contribution in [3.8, 4) is 17.1 Å².